The first-order valence-corrected chi connectivity index (χ1v) is 5.78. The number of nitrogens with one attached hydrogen (secondary N) is 1. The van der Waals surface area contributed by atoms with Crippen molar-refractivity contribution < 1.29 is 4.52 Å². The molecule has 0 spiro atoms. The van der Waals surface area contributed by atoms with E-state index in [1.54, 1.807) is 0 Å². The van der Waals surface area contributed by atoms with Gasteiger partial charge in [0.15, 0.2) is 0 Å². The Hall–Kier alpha value is -2.28. The molecular formula is C14H15N3O. The topological polar surface area (TPSA) is 61.9 Å². The number of rotatable bonds is 3. The molecule has 1 aromatic heterocycles. The summed E-state index contributed by atoms with van der Waals surface area (Å²) in [7, 11) is 0. The summed E-state index contributed by atoms with van der Waals surface area (Å²) in [6.45, 7) is 6.44. The van der Waals surface area contributed by atoms with E-state index in [0.717, 1.165) is 28.3 Å². The fraction of sp³-hybridized carbons (Fsp3) is 0.286. The van der Waals surface area contributed by atoms with Crippen molar-refractivity contribution in [1.82, 2.24) is 5.16 Å². The van der Waals surface area contributed by atoms with Gasteiger partial charge in [-0.05, 0) is 44.5 Å². The normalized spacial score (nSPS) is 10.1. The molecule has 4 heteroatoms. The smallest absolute Gasteiger partial charge is 0.138 e. The molecule has 92 valence electrons. The monoisotopic (exact) mass is 241 g/mol. The van der Waals surface area contributed by atoms with Gasteiger partial charge in [-0.25, -0.2) is 0 Å². The lowest BCUT2D eigenvalue weighted by molar-refractivity contribution is 0.392. The Bertz CT molecular complexity index is 588. The first kappa shape index (κ1) is 12.2. The Morgan fingerprint density at radius 2 is 2.11 bits per heavy atom. The number of nitrogens with zero attached hydrogens (tertiary/aromatic N) is 2. The molecule has 0 aliphatic heterocycles. The average Bonchev–Trinajstić information content (AvgIpc) is 2.67. The van der Waals surface area contributed by atoms with Crippen molar-refractivity contribution in [1.29, 1.82) is 5.26 Å². The van der Waals surface area contributed by atoms with Crippen LogP contribution in [-0.2, 0) is 6.54 Å². The van der Waals surface area contributed by atoms with Crippen LogP contribution in [0.25, 0.3) is 0 Å². The second kappa shape index (κ2) is 4.92. The average molecular weight is 241 g/mol. The Morgan fingerprint density at radius 3 is 2.67 bits per heavy atom. The van der Waals surface area contributed by atoms with Crippen LogP contribution in [0.5, 0.6) is 0 Å². The molecule has 0 saturated carbocycles. The van der Waals surface area contributed by atoms with Gasteiger partial charge in [-0.2, -0.15) is 5.26 Å². The number of benzene rings is 1. The predicted octanol–water partition coefficient (Wildman–Crippen LogP) is 3.08. The largest absolute Gasteiger partial charge is 0.381 e. The van der Waals surface area contributed by atoms with Crippen LogP contribution in [0.15, 0.2) is 22.7 Å². The minimum Gasteiger partial charge on any atom is -0.381 e. The molecule has 0 aliphatic rings. The van der Waals surface area contributed by atoms with E-state index in [2.05, 4.69) is 16.5 Å². The van der Waals surface area contributed by atoms with Crippen LogP contribution in [0, 0.1) is 32.1 Å². The number of anilines is 1. The third-order valence-electron chi connectivity index (χ3n) is 3.00. The lowest BCUT2D eigenvalue weighted by Gasteiger charge is -2.07. The molecule has 0 atom stereocenters. The molecule has 1 aromatic carbocycles. The van der Waals surface area contributed by atoms with Crippen molar-refractivity contribution in [3.8, 4) is 6.07 Å². The SMILES string of the molecule is Cc1cc(NCc2c(C)noc2C)ccc1C#N. The fourth-order valence-corrected chi connectivity index (χ4v) is 1.84. The predicted molar refractivity (Wildman–Crippen MR) is 69.2 cm³/mol. The van der Waals surface area contributed by atoms with Crippen LogP contribution in [0.2, 0.25) is 0 Å². The quantitative estimate of drug-likeness (QED) is 0.897. The van der Waals surface area contributed by atoms with Crippen molar-refractivity contribution in [2.75, 3.05) is 5.32 Å². The first-order chi connectivity index (χ1) is 8.61. The summed E-state index contributed by atoms with van der Waals surface area (Å²) in [6, 6.07) is 7.86. The number of aryl methyl sites for hydroxylation is 3. The third-order valence-corrected chi connectivity index (χ3v) is 3.00. The van der Waals surface area contributed by atoms with E-state index in [0.29, 0.717) is 12.1 Å². The van der Waals surface area contributed by atoms with Crippen LogP contribution in [0.3, 0.4) is 0 Å². The van der Waals surface area contributed by atoms with Gasteiger partial charge in [0.2, 0.25) is 0 Å². The van der Waals surface area contributed by atoms with Gasteiger partial charge in [0.1, 0.15) is 5.76 Å². The Morgan fingerprint density at radius 1 is 1.33 bits per heavy atom. The highest BCUT2D eigenvalue weighted by atomic mass is 16.5. The molecule has 4 nitrogen and oxygen atoms in total. The van der Waals surface area contributed by atoms with Crippen LogP contribution >= 0.6 is 0 Å². The van der Waals surface area contributed by atoms with E-state index in [4.69, 9.17) is 9.78 Å². The second-order valence-electron chi connectivity index (χ2n) is 4.30. The summed E-state index contributed by atoms with van der Waals surface area (Å²) < 4.78 is 5.11. The number of nitriles is 1. The molecule has 0 aliphatic carbocycles. The number of hydrogen-bond donors (Lipinski definition) is 1. The van der Waals surface area contributed by atoms with E-state index in [9.17, 15) is 0 Å². The summed E-state index contributed by atoms with van der Waals surface area (Å²) in [5.74, 6) is 0.838. The van der Waals surface area contributed by atoms with Gasteiger partial charge in [-0.15, -0.1) is 0 Å². The highest BCUT2D eigenvalue weighted by molar-refractivity contribution is 5.52. The van der Waals surface area contributed by atoms with Gasteiger partial charge < -0.3 is 9.84 Å². The first-order valence-electron chi connectivity index (χ1n) is 5.78. The molecule has 0 unspecified atom stereocenters. The summed E-state index contributed by atoms with van der Waals surface area (Å²) >= 11 is 0. The molecule has 1 heterocycles. The van der Waals surface area contributed by atoms with Crippen LogP contribution in [0.4, 0.5) is 5.69 Å². The van der Waals surface area contributed by atoms with E-state index < -0.39 is 0 Å². The molecule has 0 fully saturated rings. The second-order valence-corrected chi connectivity index (χ2v) is 4.30. The minimum atomic E-state index is 0.673. The van der Waals surface area contributed by atoms with Crippen molar-refractivity contribution in [3.05, 3.63) is 46.3 Å². The summed E-state index contributed by atoms with van der Waals surface area (Å²) in [6.07, 6.45) is 0. The van der Waals surface area contributed by atoms with Crippen molar-refractivity contribution >= 4 is 5.69 Å². The summed E-state index contributed by atoms with van der Waals surface area (Å²) in [5, 5.41) is 16.1. The summed E-state index contributed by atoms with van der Waals surface area (Å²) in [4.78, 5) is 0. The van der Waals surface area contributed by atoms with Gasteiger partial charge in [0.25, 0.3) is 0 Å². The molecule has 0 radical (unpaired) electrons. The van der Waals surface area contributed by atoms with Crippen molar-refractivity contribution in [2.45, 2.75) is 27.3 Å². The zero-order chi connectivity index (χ0) is 13.1. The van der Waals surface area contributed by atoms with Gasteiger partial charge in [-0.1, -0.05) is 5.16 Å². The zero-order valence-corrected chi connectivity index (χ0v) is 10.7. The molecule has 18 heavy (non-hydrogen) atoms. The minimum absolute atomic E-state index is 0.673. The molecule has 1 N–H and O–H groups in total. The maximum atomic E-state index is 8.87. The standard InChI is InChI=1S/C14H15N3O/c1-9-6-13(5-4-12(9)7-15)16-8-14-10(2)17-18-11(14)3/h4-6,16H,8H2,1-3H3. The van der Waals surface area contributed by atoms with Gasteiger partial charge in [0.05, 0.1) is 17.3 Å². The molecule has 0 saturated heterocycles. The van der Waals surface area contributed by atoms with Gasteiger partial charge >= 0.3 is 0 Å². The van der Waals surface area contributed by atoms with Crippen LogP contribution < -0.4 is 5.32 Å². The van der Waals surface area contributed by atoms with Gasteiger partial charge in [0, 0.05) is 17.8 Å². The van der Waals surface area contributed by atoms with E-state index in [1.165, 1.54) is 0 Å². The maximum absolute atomic E-state index is 8.87. The Balaban J connectivity index is 2.12. The Labute approximate surface area is 106 Å². The molecule has 2 aromatic rings. The van der Waals surface area contributed by atoms with E-state index >= 15 is 0 Å². The van der Waals surface area contributed by atoms with E-state index in [1.807, 2.05) is 39.0 Å². The molecule has 0 amide bonds. The van der Waals surface area contributed by atoms with Crippen molar-refractivity contribution in [3.63, 3.8) is 0 Å². The summed E-state index contributed by atoms with van der Waals surface area (Å²) in [5.41, 5.74) is 4.66. The number of aromatic nitrogens is 1. The molecule has 2 rings (SSSR count). The lowest BCUT2D eigenvalue weighted by Crippen LogP contribution is -2.01. The highest BCUT2D eigenvalue weighted by Gasteiger charge is 2.08. The highest BCUT2D eigenvalue weighted by Crippen LogP contribution is 2.17. The van der Waals surface area contributed by atoms with E-state index in [-0.39, 0.29) is 0 Å². The maximum Gasteiger partial charge on any atom is 0.138 e. The molecular weight excluding hydrogens is 226 g/mol. The van der Waals surface area contributed by atoms with Gasteiger partial charge in [-0.3, -0.25) is 0 Å². The zero-order valence-electron chi connectivity index (χ0n) is 10.7. The van der Waals surface area contributed by atoms with Crippen LogP contribution in [0.1, 0.15) is 28.1 Å². The number of hydrogen-bond acceptors (Lipinski definition) is 4. The third kappa shape index (κ3) is 2.35. The Kier molecular flexibility index (Phi) is 3.33. The fourth-order valence-electron chi connectivity index (χ4n) is 1.84. The lowest BCUT2D eigenvalue weighted by atomic mass is 10.1. The van der Waals surface area contributed by atoms with Crippen LogP contribution in [-0.4, -0.2) is 5.16 Å². The molecule has 0 bridgehead atoms. The van der Waals surface area contributed by atoms with Crippen molar-refractivity contribution in [2.24, 2.45) is 0 Å².